The maximum atomic E-state index is 15.2. The molecule has 2 saturated heterocycles. The van der Waals surface area contributed by atoms with Crippen molar-refractivity contribution in [1.29, 1.82) is 0 Å². The second-order valence-electron chi connectivity index (χ2n) is 32.4. The molecule has 0 bridgehead atoms. The molecule has 0 aromatic heterocycles. The number of amides is 15. The first-order valence-electron chi connectivity index (χ1n) is 38.9. The number of nitrogen functional groups attached to an aromatic ring is 1. The van der Waals surface area contributed by atoms with Gasteiger partial charge in [-0.15, -0.1) is 0 Å². The average molecular weight is 1710 g/mol. The molecule has 42 nitrogen and oxygen atoms in total. The molecular formula is C77H117N19O23S. The van der Waals surface area contributed by atoms with Gasteiger partial charge in [-0.2, -0.15) is 8.42 Å². The van der Waals surface area contributed by atoms with E-state index in [1.165, 1.54) is 36.1 Å². The van der Waals surface area contributed by atoms with E-state index in [9.17, 15) is 80.4 Å². The fraction of sp³-hybridized carbons (Fsp3) is 0.597. The van der Waals surface area contributed by atoms with Crippen molar-refractivity contribution < 1.29 is 109 Å². The molecule has 43 heteroatoms. The lowest BCUT2D eigenvalue weighted by Gasteiger charge is -2.36. The molecule has 2 fully saturated rings. The monoisotopic (exact) mass is 1710 g/mol. The Kier molecular flexibility index (Phi) is 38.1. The molecule has 2 heterocycles. The number of primary amides is 2. The van der Waals surface area contributed by atoms with Crippen LogP contribution in [0.15, 0.2) is 59.6 Å². The Morgan fingerprint density at radius 2 is 1.29 bits per heavy atom. The number of cyclic esters (lactones) is 1. The minimum absolute atomic E-state index is 0.00519. The third-order valence-electron chi connectivity index (χ3n) is 19.9. The smallest absolute Gasteiger partial charge is 0.325 e. The summed E-state index contributed by atoms with van der Waals surface area (Å²) in [6, 6.07) is -6.80. The number of guanidine groups is 1. The molecule has 0 saturated carbocycles. The molecule has 2 aromatic rings. The number of esters is 1. The van der Waals surface area contributed by atoms with Gasteiger partial charge in [-0.05, 0) is 93.7 Å². The molecule has 0 spiro atoms. The number of hydrogen-bond acceptors (Lipinski definition) is 24. The van der Waals surface area contributed by atoms with Crippen molar-refractivity contribution >= 4 is 128 Å². The summed E-state index contributed by atoms with van der Waals surface area (Å²) in [7, 11) is -3.52. The molecule has 664 valence electrons. The van der Waals surface area contributed by atoms with Crippen LogP contribution in [0.1, 0.15) is 156 Å². The number of aliphatic hydroxyl groups is 1. The van der Waals surface area contributed by atoms with Gasteiger partial charge in [-0.3, -0.25) is 95.8 Å². The van der Waals surface area contributed by atoms with Gasteiger partial charge in [-0.25, -0.2) is 0 Å². The van der Waals surface area contributed by atoms with Crippen molar-refractivity contribution in [3.63, 3.8) is 0 Å². The van der Waals surface area contributed by atoms with Crippen LogP contribution in [0.4, 0.5) is 5.69 Å². The van der Waals surface area contributed by atoms with Crippen LogP contribution in [0.25, 0.3) is 0 Å². The van der Waals surface area contributed by atoms with E-state index in [0.717, 1.165) is 27.9 Å². The van der Waals surface area contributed by atoms with Crippen molar-refractivity contribution in [2.75, 3.05) is 45.2 Å². The Labute approximate surface area is 695 Å². The Morgan fingerprint density at radius 3 is 1.86 bits per heavy atom. The number of benzene rings is 2. The van der Waals surface area contributed by atoms with Crippen molar-refractivity contribution in [1.82, 2.24) is 67.9 Å². The number of carbonyl (C=O) groups is 18. The molecule has 2 aliphatic rings. The second-order valence-corrected chi connectivity index (χ2v) is 33.9. The fourth-order valence-corrected chi connectivity index (χ4v) is 14.0. The van der Waals surface area contributed by atoms with E-state index in [2.05, 4.69) is 58.2 Å². The third kappa shape index (κ3) is 31.5. The van der Waals surface area contributed by atoms with Crippen LogP contribution in [0.3, 0.4) is 0 Å². The quantitative estimate of drug-likeness (QED) is 0.00440. The molecule has 22 N–H and O–H groups in total. The van der Waals surface area contributed by atoms with E-state index in [-0.39, 0.29) is 50.0 Å². The van der Waals surface area contributed by atoms with E-state index in [1.54, 1.807) is 85.7 Å². The van der Waals surface area contributed by atoms with Gasteiger partial charge in [0.05, 0.1) is 18.6 Å². The van der Waals surface area contributed by atoms with E-state index in [4.69, 9.17) is 33.4 Å². The van der Waals surface area contributed by atoms with Crippen molar-refractivity contribution in [3.05, 3.63) is 65.7 Å². The van der Waals surface area contributed by atoms with Crippen LogP contribution in [0, 0.1) is 22.7 Å². The molecule has 120 heavy (non-hydrogen) atoms. The van der Waals surface area contributed by atoms with Gasteiger partial charge in [-0.1, -0.05) is 97.9 Å². The highest BCUT2D eigenvalue weighted by Crippen LogP contribution is 2.33. The Hall–Kier alpha value is -11.8. The number of para-hydroxylation sites is 1. The highest BCUT2D eigenvalue weighted by atomic mass is 32.2. The van der Waals surface area contributed by atoms with Gasteiger partial charge in [0.15, 0.2) is 17.5 Å². The largest absolute Gasteiger partial charge is 0.459 e. The van der Waals surface area contributed by atoms with Crippen LogP contribution in [-0.4, -0.2) is 270 Å². The molecule has 15 unspecified atom stereocenters. The zero-order chi connectivity index (χ0) is 90.8. The molecule has 2 aliphatic heterocycles. The number of ketones is 2. The van der Waals surface area contributed by atoms with Crippen molar-refractivity contribution in [2.45, 2.75) is 232 Å². The number of rotatable bonds is 37. The first-order valence-corrected chi connectivity index (χ1v) is 40.5. The summed E-state index contributed by atoms with van der Waals surface area (Å²) in [6.45, 7) is 15.0. The number of hydrogen-bond donors (Lipinski definition) is 17. The van der Waals surface area contributed by atoms with E-state index in [1.807, 2.05) is 0 Å². The Balaban J connectivity index is 1.83. The number of anilines is 1. The number of nitrogens with zero attached hydrogens (tertiary/aromatic N) is 4. The van der Waals surface area contributed by atoms with Crippen LogP contribution >= 0.6 is 0 Å². The van der Waals surface area contributed by atoms with E-state index in [0.29, 0.717) is 28.2 Å². The number of likely N-dealkylation sites (tertiary alicyclic amines) is 1. The lowest BCUT2D eigenvalue weighted by molar-refractivity contribution is -0.158. The van der Waals surface area contributed by atoms with Gasteiger partial charge in [0.25, 0.3) is 10.1 Å². The highest BCUT2D eigenvalue weighted by Gasteiger charge is 2.47. The summed E-state index contributed by atoms with van der Waals surface area (Å²) < 4.78 is 42.1. The molecule has 2 aromatic carbocycles. The molecule has 0 aliphatic carbocycles. The standard InChI is InChI=1S/C77H117N19O23S/c1-39(2)31-48-67(108)91-60(41(4)98)71(112)89-51(35-58(80)102)72(113)94(12)36-59(103)119-42(5)61(74(115)95(13)53(69(110)87-48)27-28-57(79)101)92-68(109)52(37-120(116,117)118)90-65(106)47(25-19-29-83-75(81)82)85-66(107)49(34-55(99)44-23-17-18-24-46(44)78)86-64(105)45(76(6,7)8)33-56(100)62(77(9,10)11)93-70(111)54-26-20-30-96(54)73(114)50(32-43-21-15-14-16-22-43)88-63(104)40(3)84-38-97/h14-18,21-24,38-42,45,47-54,60-62,98H,19-20,25-37,78H2,1-13H3,(H2,79,101)(H2,80,102)(H,84,97)(H,85,107)(H,86,105)(H,87,110)(H,88,104)(H,89,112)(H,90,106)(H,91,108)(H,92,109)(H,93,111)(H4,81,82,83)(H,116,117,118). The minimum Gasteiger partial charge on any atom is -0.459 e. The molecular weight excluding hydrogens is 1590 g/mol. The summed E-state index contributed by atoms with van der Waals surface area (Å²) >= 11 is 0. The Bertz CT molecular complexity index is 4230. The predicted molar refractivity (Wildman–Crippen MR) is 432 cm³/mol. The summed E-state index contributed by atoms with van der Waals surface area (Å²) in [4.78, 5) is 260. The first kappa shape index (κ1) is 101. The summed E-state index contributed by atoms with van der Waals surface area (Å²) in [5.74, 6) is -23.1. The van der Waals surface area contributed by atoms with E-state index >= 15 is 24.0 Å². The average Bonchev–Trinajstić information content (AvgIpc) is 1.67. The third-order valence-corrected chi connectivity index (χ3v) is 20.6. The molecule has 4 rings (SSSR count). The zero-order valence-corrected chi connectivity index (χ0v) is 70.5. The number of nitrogens with two attached hydrogens (primary N) is 5. The van der Waals surface area contributed by atoms with Crippen molar-refractivity contribution in [3.8, 4) is 0 Å². The normalized spacial score (nSPS) is 20.7. The molecule has 15 atom stereocenters. The van der Waals surface area contributed by atoms with Crippen LogP contribution in [-0.2, 0) is 103 Å². The topological polar surface area (TPSA) is 664 Å². The number of aliphatic hydroxyl groups excluding tert-OH is 1. The van der Waals surface area contributed by atoms with E-state index < -0.39 is 275 Å². The fourth-order valence-electron chi connectivity index (χ4n) is 13.3. The molecule has 15 amide bonds. The Morgan fingerprint density at radius 1 is 0.700 bits per heavy atom. The highest BCUT2D eigenvalue weighted by molar-refractivity contribution is 7.85. The first-order chi connectivity index (χ1) is 55.8. The number of ether oxygens (including phenoxy) is 1. The zero-order valence-electron chi connectivity index (χ0n) is 69.7. The lowest BCUT2D eigenvalue weighted by Crippen LogP contribution is -2.63. The van der Waals surface area contributed by atoms with Crippen LogP contribution in [0.2, 0.25) is 0 Å². The van der Waals surface area contributed by atoms with Crippen LogP contribution < -0.4 is 81.8 Å². The number of nitrogens with one attached hydrogen (secondary N) is 10. The van der Waals surface area contributed by atoms with Gasteiger partial charge in [0.2, 0.25) is 89.1 Å². The maximum absolute atomic E-state index is 15.2. The predicted octanol–water partition coefficient (Wildman–Crippen LogP) is -5.02. The number of carbonyl (C=O) groups excluding carboxylic acids is 18. The number of aliphatic imine (C=N–C) groups is 1. The number of Topliss-reactive ketones (excluding diaryl/α,β-unsaturated/α-hetero) is 2. The number of likely N-dealkylation sites (N-methyl/N-ethyl adjacent to an activating group) is 2. The summed E-state index contributed by atoms with van der Waals surface area (Å²) in [6.07, 6.45) is -7.80. The summed E-state index contributed by atoms with van der Waals surface area (Å²) in [5, 5.41) is 34.8. The van der Waals surface area contributed by atoms with Gasteiger partial charge < -0.3 is 106 Å². The van der Waals surface area contributed by atoms with Crippen LogP contribution in [0.5, 0.6) is 0 Å². The maximum Gasteiger partial charge on any atom is 0.325 e. The van der Waals surface area contributed by atoms with Gasteiger partial charge in [0, 0.05) is 70.0 Å². The van der Waals surface area contributed by atoms with Gasteiger partial charge in [0.1, 0.15) is 84.9 Å². The lowest BCUT2D eigenvalue weighted by atomic mass is 9.74. The molecule has 0 radical (unpaired) electrons. The SMILES string of the molecule is CC(C)CC1NC(=O)C(CCC(N)=O)N(C)C(=O)C(NC(=O)C(CS(=O)(=O)O)NC(=O)C(CCCN=C(N)N)NC(=O)C(CC(=O)c2ccccc2N)NC(=O)C(CC(=O)C(NC(=O)C2CCCN2C(=O)C(Cc2ccccc2)NC(=O)C(C)NC=O)C(C)(C)C)C(C)(C)C)C(C)OC(=O)CN(C)C(=O)C(CC(N)=O)NC(=O)C(C(C)O)NC1=O. The second kappa shape index (κ2) is 45.4. The van der Waals surface area contributed by atoms with Gasteiger partial charge >= 0.3 is 5.97 Å². The summed E-state index contributed by atoms with van der Waals surface area (Å²) in [5.41, 5.74) is 26.5. The van der Waals surface area contributed by atoms with Crippen molar-refractivity contribution in [2.24, 2.45) is 50.6 Å². The minimum atomic E-state index is -5.47.